The zero-order valence-corrected chi connectivity index (χ0v) is 15.8. The Morgan fingerprint density at radius 1 is 1.44 bits per heavy atom. The predicted octanol–water partition coefficient (Wildman–Crippen LogP) is 3.60. The number of hydrogen-bond donors (Lipinski definition) is 2. The van der Waals surface area contributed by atoms with Crippen LogP contribution in [0.25, 0.3) is 0 Å². The lowest BCUT2D eigenvalue weighted by Gasteiger charge is -2.20. The molecule has 0 radical (unpaired) electrons. The Bertz CT molecular complexity index is 831. The summed E-state index contributed by atoms with van der Waals surface area (Å²) in [4.78, 5) is 11.6. The Hall–Kier alpha value is -3.17. The highest BCUT2D eigenvalue weighted by molar-refractivity contribution is 5.39. The molecule has 0 aromatic carbocycles. The first-order chi connectivity index (χ1) is 13.1. The Balaban J connectivity index is 2.05. The van der Waals surface area contributed by atoms with Gasteiger partial charge in [-0.25, -0.2) is 9.97 Å². The highest BCUT2D eigenvalue weighted by Crippen LogP contribution is 2.20. The topological polar surface area (TPSA) is 86.6 Å². The number of hydrogen-bond acceptors (Lipinski definition) is 5. The quantitative estimate of drug-likeness (QED) is 0.497. The summed E-state index contributed by atoms with van der Waals surface area (Å²) in [6, 6.07) is 5.65. The van der Waals surface area contributed by atoms with Gasteiger partial charge in [0.15, 0.2) is 0 Å². The van der Waals surface area contributed by atoms with E-state index in [9.17, 15) is 5.26 Å². The number of ether oxygens (including phenoxy) is 1. The summed E-state index contributed by atoms with van der Waals surface area (Å²) in [5, 5.41) is 12.6. The third kappa shape index (κ3) is 6.57. The zero-order chi connectivity index (χ0) is 19.5. The lowest BCUT2D eigenvalue weighted by molar-refractivity contribution is 0.219. The van der Waals surface area contributed by atoms with Crippen LogP contribution in [0.3, 0.4) is 0 Å². The number of aryl methyl sites for hydroxylation is 1. The minimum absolute atomic E-state index is 0.294. The molecule has 27 heavy (non-hydrogen) atoms. The van der Waals surface area contributed by atoms with Gasteiger partial charge in [0, 0.05) is 24.5 Å². The monoisotopic (exact) mass is 363 g/mol. The fourth-order valence-electron chi connectivity index (χ4n) is 2.39. The van der Waals surface area contributed by atoms with E-state index in [1.54, 1.807) is 24.5 Å². The van der Waals surface area contributed by atoms with Gasteiger partial charge in [-0.2, -0.15) is 5.26 Å². The van der Waals surface area contributed by atoms with Crippen LogP contribution in [-0.2, 0) is 6.54 Å². The average Bonchev–Trinajstić information content (AvgIpc) is 3.18. The normalized spacial score (nSPS) is 12.3. The number of aromatic amines is 1. The van der Waals surface area contributed by atoms with Crippen LogP contribution < -0.4 is 10.1 Å². The van der Waals surface area contributed by atoms with Crippen molar-refractivity contribution in [1.29, 1.82) is 5.26 Å². The molecule has 0 saturated carbocycles. The molecule has 6 heteroatoms. The second-order valence-electron chi connectivity index (χ2n) is 5.98. The van der Waals surface area contributed by atoms with Gasteiger partial charge in [0.1, 0.15) is 23.6 Å². The van der Waals surface area contributed by atoms with Crippen molar-refractivity contribution in [3.05, 3.63) is 78.1 Å². The summed E-state index contributed by atoms with van der Waals surface area (Å²) in [6.07, 6.45) is 11.6. The molecule has 2 N–H and O–H groups in total. The van der Waals surface area contributed by atoms with Crippen molar-refractivity contribution in [2.75, 3.05) is 6.54 Å². The first kappa shape index (κ1) is 20.1. The first-order valence-electron chi connectivity index (χ1n) is 8.85. The van der Waals surface area contributed by atoms with E-state index in [4.69, 9.17) is 4.74 Å². The van der Waals surface area contributed by atoms with Gasteiger partial charge in [-0.1, -0.05) is 30.9 Å². The number of nitrogens with zero attached hydrogens (tertiary/aromatic N) is 3. The molecule has 0 amide bonds. The Morgan fingerprint density at radius 3 is 3.00 bits per heavy atom. The Morgan fingerprint density at radius 2 is 2.30 bits per heavy atom. The molecule has 0 aliphatic rings. The van der Waals surface area contributed by atoms with Crippen LogP contribution in [0.1, 0.15) is 30.4 Å². The minimum atomic E-state index is -0.294. The molecular weight excluding hydrogens is 338 g/mol. The van der Waals surface area contributed by atoms with E-state index in [0.29, 0.717) is 31.0 Å². The number of allylic oxidation sites excluding steroid dienone is 3. The molecule has 2 aromatic heterocycles. The molecule has 2 heterocycles. The second-order valence-corrected chi connectivity index (χ2v) is 5.98. The number of nitrogens with one attached hydrogen (secondary N) is 2. The highest BCUT2D eigenvalue weighted by atomic mass is 16.5. The van der Waals surface area contributed by atoms with E-state index >= 15 is 0 Å². The van der Waals surface area contributed by atoms with Crippen LogP contribution in [0, 0.1) is 18.3 Å². The SMILES string of the molecule is C=C(/C=C\C=C/C)[C@@H](CCNCc1ncc[nH]1)Oc1nc(C)ccc1C#N. The van der Waals surface area contributed by atoms with Crippen LogP contribution in [0.15, 0.2) is 61.0 Å². The summed E-state index contributed by atoms with van der Waals surface area (Å²) < 4.78 is 6.08. The standard InChI is InChI=1S/C21H25N5O/c1-4-5-6-7-16(2)19(10-11-23-15-20-24-12-13-25-20)27-21-18(14-22)9-8-17(3)26-21/h4-9,12-13,19,23H,2,10-11,15H2,1,3H3,(H,24,25)/b5-4-,7-6-/t19-/m1/s1. The molecule has 0 fully saturated rings. The summed E-state index contributed by atoms with van der Waals surface area (Å²) in [5.41, 5.74) is 2.04. The number of pyridine rings is 1. The smallest absolute Gasteiger partial charge is 0.232 e. The number of nitriles is 1. The highest BCUT2D eigenvalue weighted by Gasteiger charge is 2.16. The van der Waals surface area contributed by atoms with Gasteiger partial charge in [-0.3, -0.25) is 0 Å². The second kappa shape index (κ2) is 10.7. The molecule has 0 unspecified atom stereocenters. The molecule has 2 aromatic rings. The predicted molar refractivity (Wildman–Crippen MR) is 106 cm³/mol. The van der Waals surface area contributed by atoms with Crippen molar-refractivity contribution < 1.29 is 4.74 Å². The van der Waals surface area contributed by atoms with Crippen molar-refractivity contribution in [1.82, 2.24) is 20.3 Å². The molecule has 0 aliphatic carbocycles. The van der Waals surface area contributed by atoms with Gasteiger partial charge in [0.2, 0.25) is 5.88 Å². The van der Waals surface area contributed by atoms with Crippen molar-refractivity contribution >= 4 is 0 Å². The molecule has 0 saturated heterocycles. The maximum Gasteiger partial charge on any atom is 0.232 e. The van der Waals surface area contributed by atoms with Gasteiger partial charge >= 0.3 is 0 Å². The van der Waals surface area contributed by atoms with E-state index in [1.807, 2.05) is 38.2 Å². The lowest BCUT2D eigenvalue weighted by Crippen LogP contribution is -2.26. The van der Waals surface area contributed by atoms with Crippen molar-refractivity contribution in [3.63, 3.8) is 0 Å². The van der Waals surface area contributed by atoms with Crippen LogP contribution in [0.4, 0.5) is 0 Å². The molecule has 0 bridgehead atoms. The van der Waals surface area contributed by atoms with Crippen LogP contribution in [0.5, 0.6) is 5.88 Å². The van der Waals surface area contributed by atoms with Gasteiger partial charge in [0.25, 0.3) is 0 Å². The summed E-state index contributed by atoms with van der Waals surface area (Å²) in [6.45, 7) is 9.30. The maximum atomic E-state index is 9.32. The molecule has 6 nitrogen and oxygen atoms in total. The van der Waals surface area contributed by atoms with Gasteiger partial charge in [-0.15, -0.1) is 0 Å². The first-order valence-corrected chi connectivity index (χ1v) is 8.85. The van der Waals surface area contributed by atoms with Crippen LogP contribution in [0.2, 0.25) is 0 Å². The number of imidazole rings is 1. The summed E-state index contributed by atoms with van der Waals surface area (Å²) in [5.74, 6) is 1.22. The minimum Gasteiger partial charge on any atom is -0.468 e. The van der Waals surface area contributed by atoms with E-state index in [2.05, 4.69) is 32.9 Å². The molecule has 0 spiro atoms. The molecular formula is C21H25N5O. The van der Waals surface area contributed by atoms with Crippen molar-refractivity contribution in [2.45, 2.75) is 32.9 Å². The van der Waals surface area contributed by atoms with E-state index in [1.165, 1.54) is 0 Å². The van der Waals surface area contributed by atoms with E-state index < -0.39 is 0 Å². The third-order valence-electron chi connectivity index (χ3n) is 3.83. The Labute approximate surface area is 160 Å². The Kier molecular flexibility index (Phi) is 8.01. The van der Waals surface area contributed by atoms with E-state index in [0.717, 1.165) is 17.1 Å². The van der Waals surface area contributed by atoms with Gasteiger partial charge < -0.3 is 15.0 Å². The third-order valence-corrected chi connectivity index (χ3v) is 3.83. The maximum absolute atomic E-state index is 9.32. The number of aromatic nitrogens is 3. The zero-order valence-electron chi connectivity index (χ0n) is 15.8. The fraction of sp³-hybridized carbons (Fsp3) is 0.286. The number of rotatable bonds is 10. The lowest BCUT2D eigenvalue weighted by atomic mass is 10.1. The van der Waals surface area contributed by atoms with Crippen molar-refractivity contribution in [3.8, 4) is 11.9 Å². The molecule has 2 rings (SSSR count). The van der Waals surface area contributed by atoms with Crippen LogP contribution in [-0.4, -0.2) is 27.6 Å². The van der Waals surface area contributed by atoms with Crippen LogP contribution >= 0.6 is 0 Å². The summed E-state index contributed by atoms with van der Waals surface area (Å²) in [7, 11) is 0. The average molecular weight is 363 g/mol. The van der Waals surface area contributed by atoms with Gasteiger partial charge in [0.05, 0.1) is 6.54 Å². The number of H-pyrrole nitrogens is 1. The van der Waals surface area contributed by atoms with Gasteiger partial charge in [-0.05, 0) is 38.1 Å². The molecule has 0 aliphatic heterocycles. The largest absolute Gasteiger partial charge is 0.468 e. The van der Waals surface area contributed by atoms with E-state index in [-0.39, 0.29) is 6.10 Å². The summed E-state index contributed by atoms with van der Waals surface area (Å²) >= 11 is 0. The molecule has 140 valence electrons. The fourth-order valence-corrected chi connectivity index (χ4v) is 2.39. The molecule has 1 atom stereocenters. The van der Waals surface area contributed by atoms with Crippen molar-refractivity contribution in [2.24, 2.45) is 0 Å².